The molecule has 0 aliphatic carbocycles. The number of carbonyl (C=O) groups excluding carboxylic acids is 2. The van der Waals surface area contributed by atoms with E-state index in [0.29, 0.717) is 41.2 Å². The minimum Gasteiger partial charge on any atom is -0.490 e. The highest BCUT2D eigenvalue weighted by molar-refractivity contribution is 6.30. The zero-order valence-corrected chi connectivity index (χ0v) is 16.5. The fourth-order valence-electron chi connectivity index (χ4n) is 2.24. The topological polar surface area (TPSA) is 85.9 Å². The molecule has 0 fully saturated rings. The van der Waals surface area contributed by atoms with Crippen LogP contribution >= 0.6 is 11.6 Å². The van der Waals surface area contributed by atoms with Gasteiger partial charge in [0.15, 0.2) is 18.1 Å². The highest BCUT2D eigenvalue weighted by Crippen LogP contribution is 2.30. The standard InChI is InChI=1S/C20H23ClN2O5/c1-3-26-17-10-7-15(11-18(17)27-4-2)23-19(24)12-22-20(25)13-28-16-8-5-14(21)6-9-16/h5-11H,3-4,12-13H2,1-2H3,(H,22,25)(H,23,24). The first-order valence-corrected chi connectivity index (χ1v) is 9.24. The molecule has 0 radical (unpaired) electrons. The SMILES string of the molecule is CCOc1ccc(NC(=O)CNC(=O)COc2ccc(Cl)cc2)cc1OCC. The lowest BCUT2D eigenvalue weighted by Gasteiger charge is -2.13. The zero-order chi connectivity index (χ0) is 20.4. The average Bonchev–Trinajstić information content (AvgIpc) is 2.68. The lowest BCUT2D eigenvalue weighted by molar-refractivity contribution is -0.125. The highest BCUT2D eigenvalue weighted by atomic mass is 35.5. The summed E-state index contributed by atoms with van der Waals surface area (Å²) >= 11 is 5.78. The predicted molar refractivity (Wildman–Crippen MR) is 107 cm³/mol. The number of benzene rings is 2. The molecule has 0 atom stereocenters. The normalized spacial score (nSPS) is 10.1. The van der Waals surface area contributed by atoms with Crippen LogP contribution in [0.2, 0.25) is 5.02 Å². The van der Waals surface area contributed by atoms with Crippen LogP contribution in [-0.4, -0.2) is 38.2 Å². The fourth-order valence-corrected chi connectivity index (χ4v) is 2.37. The van der Waals surface area contributed by atoms with Crippen molar-refractivity contribution in [3.8, 4) is 17.2 Å². The Morgan fingerprint density at radius 3 is 2.25 bits per heavy atom. The van der Waals surface area contributed by atoms with Crippen molar-refractivity contribution in [1.82, 2.24) is 5.32 Å². The van der Waals surface area contributed by atoms with Crippen LogP contribution in [0.15, 0.2) is 42.5 Å². The molecule has 2 N–H and O–H groups in total. The molecular formula is C20H23ClN2O5. The van der Waals surface area contributed by atoms with E-state index in [1.807, 2.05) is 13.8 Å². The van der Waals surface area contributed by atoms with Crippen LogP contribution < -0.4 is 24.8 Å². The van der Waals surface area contributed by atoms with Gasteiger partial charge in [-0.15, -0.1) is 0 Å². The van der Waals surface area contributed by atoms with Crippen molar-refractivity contribution in [3.05, 3.63) is 47.5 Å². The molecule has 7 nitrogen and oxygen atoms in total. The van der Waals surface area contributed by atoms with Crippen LogP contribution in [0.3, 0.4) is 0 Å². The number of halogens is 1. The minimum atomic E-state index is -0.410. The summed E-state index contributed by atoms with van der Waals surface area (Å²) < 4.78 is 16.3. The molecule has 2 aromatic carbocycles. The fraction of sp³-hybridized carbons (Fsp3) is 0.300. The Morgan fingerprint density at radius 1 is 0.893 bits per heavy atom. The lowest BCUT2D eigenvalue weighted by atomic mass is 10.2. The van der Waals surface area contributed by atoms with E-state index in [0.717, 1.165) is 0 Å². The third kappa shape index (κ3) is 7.00. The summed E-state index contributed by atoms with van der Waals surface area (Å²) in [6, 6.07) is 11.7. The summed E-state index contributed by atoms with van der Waals surface area (Å²) in [6.45, 7) is 4.34. The third-order valence-electron chi connectivity index (χ3n) is 3.46. The summed E-state index contributed by atoms with van der Waals surface area (Å²) in [5.74, 6) is 0.887. The van der Waals surface area contributed by atoms with Crippen molar-refractivity contribution in [2.45, 2.75) is 13.8 Å². The summed E-state index contributed by atoms with van der Waals surface area (Å²) in [4.78, 5) is 23.9. The van der Waals surface area contributed by atoms with Gasteiger partial charge in [0.1, 0.15) is 5.75 Å². The van der Waals surface area contributed by atoms with Gasteiger partial charge in [0.2, 0.25) is 5.91 Å². The molecule has 0 spiro atoms. The van der Waals surface area contributed by atoms with Crippen molar-refractivity contribution in [2.24, 2.45) is 0 Å². The van der Waals surface area contributed by atoms with Crippen LogP contribution in [0, 0.1) is 0 Å². The maximum Gasteiger partial charge on any atom is 0.258 e. The van der Waals surface area contributed by atoms with Gasteiger partial charge in [-0.05, 0) is 50.2 Å². The Hall–Kier alpha value is -2.93. The van der Waals surface area contributed by atoms with Crippen LogP contribution in [0.1, 0.15) is 13.8 Å². The smallest absolute Gasteiger partial charge is 0.258 e. The monoisotopic (exact) mass is 406 g/mol. The molecule has 0 bridgehead atoms. The van der Waals surface area contributed by atoms with Crippen LogP contribution in [0.4, 0.5) is 5.69 Å². The number of ether oxygens (including phenoxy) is 3. The van der Waals surface area contributed by atoms with Gasteiger partial charge in [0.25, 0.3) is 5.91 Å². The molecule has 2 amide bonds. The first-order chi connectivity index (χ1) is 13.5. The van der Waals surface area contributed by atoms with E-state index in [9.17, 15) is 9.59 Å². The summed E-state index contributed by atoms with van der Waals surface area (Å²) in [7, 11) is 0. The van der Waals surface area contributed by atoms with E-state index in [2.05, 4.69) is 10.6 Å². The van der Waals surface area contributed by atoms with Crippen LogP contribution in [0.5, 0.6) is 17.2 Å². The molecule has 0 aliphatic heterocycles. The van der Waals surface area contributed by atoms with E-state index >= 15 is 0 Å². The number of hydrogen-bond acceptors (Lipinski definition) is 5. The molecule has 0 heterocycles. The number of anilines is 1. The number of hydrogen-bond donors (Lipinski definition) is 2. The molecule has 0 aromatic heterocycles. The quantitative estimate of drug-likeness (QED) is 0.632. The Morgan fingerprint density at radius 2 is 1.57 bits per heavy atom. The van der Waals surface area contributed by atoms with Crippen molar-refractivity contribution >= 4 is 29.1 Å². The summed E-state index contributed by atoms with van der Waals surface area (Å²) in [5, 5.41) is 5.78. The highest BCUT2D eigenvalue weighted by Gasteiger charge is 2.10. The first kappa shape index (κ1) is 21.4. The maximum atomic E-state index is 12.1. The van der Waals surface area contributed by atoms with Gasteiger partial charge in [0, 0.05) is 16.8 Å². The molecule has 0 unspecified atom stereocenters. The number of nitrogens with one attached hydrogen (secondary N) is 2. The van der Waals surface area contributed by atoms with E-state index < -0.39 is 5.91 Å². The molecule has 150 valence electrons. The molecule has 28 heavy (non-hydrogen) atoms. The number of rotatable bonds is 10. The third-order valence-corrected chi connectivity index (χ3v) is 3.71. The molecule has 2 aromatic rings. The molecule has 0 aliphatic rings. The Balaban J connectivity index is 1.80. The van der Waals surface area contributed by atoms with E-state index in [1.165, 1.54) is 0 Å². The predicted octanol–water partition coefficient (Wildman–Crippen LogP) is 3.27. The second-order valence-electron chi connectivity index (χ2n) is 5.60. The maximum absolute atomic E-state index is 12.1. The molecule has 0 saturated heterocycles. The van der Waals surface area contributed by atoms with Crippen molar-refractivity contribution in [3.63, 3.8) is 0 Å². The van der Waals surface area contributed by atoms with Gasteiger partial charge in [0.05, 0.1) is 19.8 Å². The molecule has 2 rings (SSSR count). The Kier molecular flexibility index (Phi) is 8.42. The summed E-state index contributed by atoms with van der Waals surface area (Å²) in [5.41, 5.74) is 0.545. The molecule has 0 saturated carbocycles. The zero-order valence-electron chi connectivity index (χ0n) is 15.8. The number of amides is 2. The van der Waals surface area contributed by atoms with Gasteiger partial charge in [-0.25, -0.2) is 0 Å². The second-order valence-corrected chi connectivity index (χ2v) is 6.03. The van der Waals surface area contributed by atoms with Crippen LogP contribution in [-0.2, 0) is 9.59 Å². The Bertz CT molecular complexity index is 796. The second kappa shape index (κ2) is 11.0. The van der Waals surface area contributed by atoms with Gasteiger partial charge in [-0.2, -0.15) is 0 Å². The average molecular weight is 407 g/mol. The van der Waals surface area contributed by atoms with Gasteiger partial charge < -0.3 is 24.8 Å². The lowest BCUT2D eigenvalue weighted by Crippen LogP contribution is -2.35. The van der Waals surface area contributed by atoms with E-state index in [1.54, 1.807) is 42.5 Å². The summed E-state index contributed by atoms with van der Waals surface area (Å²) in [6.07, 6.45) is 0. The van der Waals surface area contributed by atoms with Crippen molar-refractivity contribution in [2.75, 3.05) is 31.7 Å². The van der Waals surface area contributed by atoms with Crippen LogP contribution in [0.25, 0.3) is 0 Å². The first-order valence-electron chi connectivity index (χ1n) is 8.86. The van der Waals surface area contributed by atoms with Gasteiger partial charge in [-0.3, -0.25) is 9.59 Å². The van der Waals surface area contributed by atoms with Gasteiger partial charge >= 0.3 is 0 Å². The van der Waals surface area contributed by atoms with Gasteiger partial charge in [-0.1, -0.05) is 11.6 Å². The molecule has 8 heteroatoms. The van der Waals surface area contributed by atoms with Crippen molar-refractivity contribution in [1.29, 1.82) is 0 Å². The Labute approximate surface area is 168 Å². The van der Waals surface area contributed by atoms with E-state index in [4.69, 9.17) is 25.8 Å². The van der Waals surface area contributed by atoms with Crippen molar-refractivity contribution < 1.29 is 23.8 Å². The minimum absolute atomic E-state index is 0.181. The molecular weight excluding hydrogens is 384 g/mol. The van der Waals surface area contributed by atoms with E-state index in [-0.39, 0.29) is 19.1 Å². The largest absolute Gasteiger partial charge is 0.490 e. The number of carbonyl (C=O) groups is 2.